The van der Waals surface area contributed by atoms with Gasteiger partial charge in [0.05, 0.1) is 12.1 Å². The van der Waals surface area contributed by atoms with Crippen molar-refractivity contribution in [2.45, 2.75) is 0 Å². The van der Waals surface area contributed by atoms with Crippen LogP contribution in [0.5, 0.6) is 5.75 Å². The molecule has 92 valence electrons. The van der Waals surface area contributed by atoms with Crippen LogP contribution in [0.1, 0.15) is 15.9 Å². The minimum Gasteiger partial charge on any atom is -0.497 e. The summed E-state index contributed by atoms with van der Waals surface area (Å²) in [5.41, 5.74) is 1.02. The number of ketones is 1. The van der Waals surface area contributed by atoms with Gasteiger partial charge in [0.2, 0.25) is 0 Å². The van der Waals surface area contributed by atoms with Gasteiger partial charge in [-0.3, -0.25) is 4.79 Å². The number of halogens is 2. The van der Waals surface area contributed by atoms with E-state index in [1.807, 2.05) is 0 Å². The average molecular weight is 326 g/mol. The Bertz CT molecular complexity index is 596. The number of methoxy groups -OCH3 is 1. The fourth-order valence-electron chi connectivity index (χ4n) is 1.59. The molecule has 0 saturated heterocycles. The molecular formula is C14H10BrClO2. The molecule has 0 aromatic heterocycles. The highest BCUT2D eigenvalue weighted by molar-refractivity contribution is 9.10. The highest BCUT2D eigenvalue weighted by atomic mass is 79.9. The van der Waals surface area contributed by atoms with Crippen LogP contribution in [-0.4, -0.2) is 12.9 Å². The maximum Gasteiger partial charge on any atom is 0.194 e. The largest absolute Gasteiger partial charge is 0.497 e. The Labute approximate surface area is 119 Å². The van der Waals surface area contributed by atoms with E-state index < -0.39 is 0 Å². The van der Waals surface area contributed by atoms with E-state index in [1.165, 1.54) is 0 Å². The first-order chi connectivity index (χ1) is 8.61. The van der Waals surface area contributed by atoms with E-state index in [-0.39, 0.29) is 5.78 Å². The highest BCUT2D eigenvalue weighted by Crippen LogP contribution is 2.24. The molecule has 0 saturated carbocycles. The molecule has 4 heteroatoms. The van der Waals surface area contributed by atoms with E-state index in [4.69, 9.17) is 16.3 Å². The van der Waals surface area contributed by atoms with Gasteiger partial charge >= 0.3 is 0 Å². The molecule has 0 aliphatic rings. The first kappa shape index (κ1) is 13.1. The number of ether oxygens (including phenoxy) is 1. The summed E-state index contributed by atoms with van der Waals surface area (Å²) in [6, 6.07) is 12.2. The third kappa shape index (κ3) is 2.74. The van der Waals surface area contributed by atoms with Gasteiger partial charge in [0.1, 0.15) is 5.75 Å². The summed E-state index contributed by atoms with van der Waals surface area (Å²) in [7, 11) is 1.57. The lowest BCUT2D eigenvalue weighted by atomic mass is 10.0. The summed E-state index contributed by atoms with van der Waals surface area (Å²) < 4.78 is 5.92. The Morgan fingerprint density at radius 3 is 2.72 bits per heavy atom. The Hall–Kier alpha value is -1.32. The SMILES string of the molecule is COc1cccc(C(=O)c2cc(Br)ccc2Cl)c1. The molecule has 0 bridgehead atoms. The molecule has 0 N–H and O–H groups in total. The van der Waals surface area contributed by atoms with E-state index >= 15 is 0 Å². The van der Waals surface area contributed by atoms with Crippen LogP contribution in [0.3, 0.4) is 0 Å². The summed E-state index contributed by atoms with van der Waals surface area (Å²) in [5.74, 6) is 0.521. The molecule has 0 spiro atoms. The van der Waals surface area contributed by atoms with Crippen molar-refractivity contribution in [1.29, 1.82) is 0 Å². The normalized spacial score (nSPS) is 10.2. The van der Waals surface area contributed by atoms with Crippen molar-refractivity contribution in [3.05, 3.63) is 63.1 Å². The number of carbonyl (C=O) groups is 1. The van der Waals surface area contributed by atoms with E-state index in [1.54, 1.807) is 49.6 Å². The zero-order valence-corrected chi connectivity index (χ0v) is 12.0. The zero-order chi connectivity index (χ0) is 13.1. The zero-order valence-electron chi connectivity index (χ0n) is 9.61. The van der Waals surface area contributed by atoms with Gasteiger partial charge in [-0.2, -0.15) is 0 Å². The standard InChI is InChI=1S/C14H10BrClO2/c1-18-11-4-2-3-9(7-11)14(17)12-8-10(15)5-6-13(12)16/h2-8H,1H3. The smallest absolute Gasteiger partial charge is 0.194 e. The van der Waals surface area contributed by atoms with Crippen molar-refractivity contribution in [2.75, 3.05) is 7.11 Å². The summed E-state index contributed by atoms with van der Waals surface area (Å²) in [5, 5.41) is 0.436. The van der Waals surface area contributed by atoms with Gasteiger partial charge in [0.25, 0.3) is 0 Å². The Morgan fingerprint density at radius 1 is 1.22 bits per heavy atom. The van der Waals surface area contributed by atoms with Crippen molar-refractivity contribution >= 4 is 33.3 Å². The third-order valence-corrected chi connectivity index (χ3v) is 3.33. The summed E-state index contributed by atoms with van der Waals surface area (Å²) >= 11 is 9.37. The van der Waals surface area contributed by atoms with Gasteiger partial charge in [-0.25, -0.2) is 0 Å². The van der Waals surface area contributed by atoms with Crippen molar-refractivity contribution in [3.8, 4) is 5.75 Å². The van der Waals surface area contributed by atoms with E-state index in [0.717, 1.165) is 4.47 Å². The van der Waals surface area contributed by atoms with Crippen LogP contribution < -0.4 is 4.74 Å². The van der Waals surface area contributed by atoms with Gasteiger partial charge in [-0.05, 0) is 30.3 Å². The van der Waals surface area contributed by atoms with Crippen LogP contribution in [-0.2, 0) is 0 Å². The Balaban J connectivity index is 2.44. The van der Waals surface area contributed by atoms with Crippen molar-refractivity contribution in [3.63, 3.8) is 0 Å². The second kappa shape index (κ2) is 5.55. The quantitative estimate of drug-likeness (QED) is 0.785. The van der Waals surface area contributed by atoms with E-state index in [0.29, 0.717) is 21.9 Å². The molecule has 0 fully saturated rings. The number of hydrogen-bond acceptors (Lipinski definition) is 2. The van der Waals surface area contributed by atoms with Gasteiger partial charge in [-0.15, -0.1) is 0 Å². The van der Waals surface area contributed by atoms with Crippen LogP contribution in [0.15, 0.2) is 46.9 Å². The monoisotopic (exact) mass is 324 g/mol. The van der Waals surface area contributed by atoms with Crippen LogP contribution in [0, 0.1) is 0 Å². The highest BCUT2D eigenvalue weighted by Gasteiger charge is 2.13. The van der Waals surface area contributed by atoms with Gasteiger partial charge in [0, 0.05) is 15.6 Å². The minimum atomic E-state index is -0.125. The first-order valence-corrected chi connectivity index (χ1v) is 6.42. The minimum absolute atomic E-state index is 0.125. The molecule has 0 radical (unpaired) electrons. The van der Waals surface area contributed by atoms with Crippen LogP contribution in [0.25, 0.3) is 0 Å². The Morgan fingerprint density at radius 2 is 2.00 bits per heavy atom. The number of carbonyl (C=O) groups excluding carboxylic acids is 1. The molecule has 2 rings (SSSR count). The third-order valence-electron chi connectivity index (χ3n) is 2.50. The maximum atomic E-state index is 12.3. The second-order valence-corrected chi connectivity index (χ2v) is 5.01. The summed E-state index contributed by atoms with van der Waals surface area (Å²) in [4.78, 5) is 12.3. The fraction of sp³-hybridized carbons (Fsp3) is 0.0714. The molecule has 0 amide bonds. The number of hydrogen-bond donors (Lipinski definition) is 0. The molecule has 2 aromatic carbocycles. The number of rotatable bonds is 3. The van der Waals surface area contributed by atoms with E-state index in [9.17, 15) is 4.79 Å². The Kier molecular flexibility index (Phi) is 4.04. The molecule has 18 heavy (non-hydrogen) atoms. The van der Waals surface area contributed by atoms with Crippen LogP contribution in [0.2, 0.25) is 5.02 Å². The van der Waals surface area contributed by atoms with Crippen molar-refractivity contribution in [2.24, 2.45) is 0 Å². The van der Waals surface area contributed by atoms with Crippen molar-refractivity contribution in [1.82, 2.24) is 0 Å². The molecule has 2 nitrogen and oxygen atoms in total. The van der Waals surface area contributed by atoms with Gasteiger partial charge in [-0.1, -0.05) is 39.7 Å². The average Bonchev–Trinajstić information content (AvgIpc) is 2.41. The topological polar surface area (TPSA) is 26.3 Å². The van der Waals surface area contributed by atoms with Gasteiger partial charge < -0.3 is 4.74 Å². The first-order valence-electron chi connectivity index (χ1n) is 5.25. The molecule has 0 atom stereocenters. The lowest BCUT2D eigenvalue weighted by Crippen LogP contribution is -2.02. The molecule has 0 heterocycles. The number of benzene rings is 2. The van der Waals surface area contributed by atoms with Crippen LogP contribution >= 0.6 is 27.5 Å². The predicted molar refractivity (Wildman–Crippen MR) is 75.6 cm³/mol. The van der Waals surface area contributed by atoms with Crippen LogP contribution in [0.4, 0.5) is 0 Å². The summed E-state index contributed by atoms with van der Waals surface area (Å²) in [6.45, 7) is 0. The lowest BCUT2D eigenvalue weighted by molar-refractivity contribution is 0.103. The maximum absolute atomic E-state index is 12.3. The molecule has 0 unspecified atom stereocenters. The lowest BCUT2D eigenvalue weighted by Gasteiger charge is -2.06. The molecular weight excluding hydrogens is 316 g/mol. The molecule has 0 aliphatic heterocycles. The molecule has 0 aliphatic carbocycles. The fourth-order valence-corrected chi connectivity index (χ4v) is 2.16. The summed E-state index contributed by atoms with van der Waals surface area (Å²) in [6.07, 6.45) is 0. The van der Waals surface area contributed by atoms with Gasteiger partial charge in [0.15, 0.2) is 5.78 Å². The molecule has 2 aromatic rings. The van der Waals surface area contributed by atoms with E-state index in [2.05, 4.69) is 15.9 Å². The second-order valence-electron chi connectivity index (χ2n) is 3.69. The van der Waals surface area contributed by atoms with Crippen molar-refractivity contribution < 1.29 is 9.53 Å². The predicted octanol–water partition coefficient (Wildman–Crippen LogP) is 4.34.